The molecule has 130 valence electrons. The second kappa shape index (κ2) is 7.37. The molecule has 0 atom stereocenters. The van der Waals surface area contributed by atoms with Crippen LogP contribution >= 0.6 is 15.9 Å². The van der Waals surface area contributed by atoms with Crippen molar-refractivity contribution in [3.63, 3.8) is 0 Å². The normalized spacial score (nSPS) is 10.3. The number of hydrogen-bond donors (Lipinski definition) is 2. The molecule has 1 heterocycles. The highest BCUT2D eigenvalue weighted by atomic mass is 79.9. The molecule has 0 saturated carbocycles. The SMILES string of the molecule is N#Cc1c(N)nc(N)nc1-c1cc(Br)ccc1OCc1ccccc1F. The van der Waals surface area contributed by atoms with Crippen molar-refractivity contribution in [1.29, 1.82) is 5.26 Å². The number of nitrogens with two attached hydrogens (primary N) is 2. The number of aromatic nitrogens is 2. The zero-order chi connectivity index (χ0) is 18.7. The highest BCUT2D eigenvalue weighted by molar-refractivity contribution is 9.10. The molecule has 0 unspecified atom stereocenters. The van der Waals surface area contributed by atoms with Gasteiger partial charge in [-0.3, -0.25) is 0 Å². The number of ether oxygens (including phenoxy) is 1. The van der Waals surface area contributed by atoms with Crippen LogP contribution in [0.5, 0.6) is 5.75 Å². The molecule has 2 aromatic carbocycles. The number of anilines is 2. The fourth-order valence-electron chi connectivity index (χ4n) is 2.39. The molecule has 0 spiro atoms. The van der Waals surface area contributed by atoms with Crippen LogP contribution in [0.1, 0.15) is 11.1 Å². The van der Waals surface area contributed by atoms with E-state index in [4.69, 9.17) is 16.2 Å². The van der Waals surface area contributed by atoms with Gasteiger partial charge in [0.25, 0.3) is 0 Å². The fourth-order valence-corrected chi connectivity index (χ4v) is 2.75. The highest BCUT2D eigenvalue weighted by Gasteiger charge is 2.18. The monoisotopic (exact) mass is 413 g/mol. The first-order chi connectivity index (χ1) is 12.5. The molecule has 0 aliphatic heterocycles. The molecule has 26 heavy (non-hydrogen) atoms. The van der Waals surface area contributed by atoms with Crippen molar-refractivity contribution in [3.8, 4) is 23.1 Å². The molecule has 8 heteroatoms. The van der Waals surface area contributed by atoms with E-state index in [1.165, 1.54) is 6.07 Å². The summed E-state index contributed by atoms with van der Waals surface area (Å²) in [5.41, 5.74) is 12.7. The third-order valence-corrected chi connectivity index (χ3v) is 4.10. The van der Waals surface area contributed by atoms with E-state index in [1.54, 1.807) is 36.4 Å². The van der Waals surface area contributed by atoms with Crippen LogP contribution in [0.15, 0.2) is 46.9 Å². The highest BCUT2D eigenvalue weighted by Crippen LogP contribution is 2.35. The smallest absolute Gasteiger partial charge is 0.222 e. The Hall–Kier alpha value is -3.18. The van der Waals surface area contributed by atoms with Crippen LogP contribution in [0.4, 0.5) is 16.2 Å². The minimum atomic E-state index is -0.362. The minimum absolute atomic E-state index is 0.0131. The fraction of sp³-hybridized carbons (Fsp3) is 0.0556. The lowest BCUT2D eigenvalue weighted by atomic mass is 10.1. The first-order valence-corrected chi connectivity index (χ1v) is 8.28. The largest absolute Gasteiger partial charge is 0.488 e. The van der Waals surface area contributed by atoms with Gasteiger partial charge < -0.3 is 16.2 Å². The Labute approximate surface area is 157 Å². The number of halogens is 2. The van der Waals surface area contributed by atoms with Gasteiger partial charge in [-0.05, 0) is 24.3 Å². The van der Waals surface area contributed by atoms with Crippen LogP contribution < -0.4 is 16.2 Å². The average molecular weight is 414 g/mol. The molecule has 6 nitrogen and oxygen atoms in total. The van der Waals surface area contributed by atoms with Gasteiger partial charge in [0.1, 0.15) is 35.6 Å². The standard InChI is InChI=1S/C18H13BrFN5O/c19-11-5-6-15(26-9-10-3-1-2-4-14(10)20)12(7-11)16-13(8-21)17(22)25-18(23)24-16/h1-7H,9H2,(H4,22,23,24,25). The third-order valence-electron chi connectivity index (χ3n) is 3.60. The first kappa shape index (κ1) is 17.6. The van der Waals surface area contributed by atoms with Gasteiger partial charge in [-0.2, -0.15) is 10.2 Å². The Balaban J connectivity index is 2.05. The van der Waals surface area contributed by atoms with E-state index in [0.29, 0.717) is 16.9 Å². The van der Waals surface area contributed by atoms with Gasteiger partial charge in [-0.15, -0.1) is 0 Å². The van der Waals surface area contributed by atoms with Gasteiger partial charge in [-0.25, -0.2) is 9.37 Å². The van der Waals surface area contributed by atoms with Crippen LogP contribution in [0.3, 0.4) is 0 Å². The second-order valence-electron chi connectivity index (χ2n) is 5.32. The lowest BCUT2D eigenvalue weighted by molar-refractivity contribution is 0.301. The summed E-state index contributed by atoms with van der Waals surface area (Å²) in [5.74, 6) is -0.0311. The third kappa shape index (κ3) is 3.58. The van der Waals surface area contributed by atoms with Gasteiger partial charge in [0.05, 0.1) is 5.69 Å². The van der Waals surface area contributed by atoms with Crippen LogP contribution in [-0.4, -0.2) is 9.97 Å². The Morgan fingerprint density at radius 2 is 1.92 bits per heavy atom. The lowest BCUT2D eigenvalue weighted by Crippen LogP contribution is -2.06. The van der Waals surface area contributed by atoms with E-state index in [1.807, 2.05) is 6.07 Å². The van der Waals surface area contributed by atoms with Gasteiger partial charge in [0.2, 0.25) is 5.95 Å². The average Bonchev–Trinajstić information content (AvgIpc) is 2.61. The second-order valence-corrected chi connectivity index (χ2v) is 6.24. The summed E-state index contributed by atoms with van der Waals surface area (Å²) in [6.45, 7) is 0.0131. The summed E-state index contributed by atoms with van der Waals surface area (Å²) in [5, 5.41) is 9.40. The number of nitriles is 1. The summed E-state index contributed by atoms with van der Waals surface area (Å²) in [6.07, 6.45) is 0. The molecule has 1 aromatic heterocycles. The Morgan fingerprint density at radius 1 is 1.15 bits per heavy atom. The van der Waals surface area contributed by atoms with Gasteiger partial charge in [-0.1, -0.05) is 34.1 Å². The lowest BCUT2D eigenvalue weighted by Gasteiger charge is -2.14. The van der Waals surface area contributed by atoms with E-state index in [2.05, 4.69) is 25.9 Å². The number of benzene rings is 2. The number of hydrogen-bond acceptors (Lipinski definition) is 6. The molecular formula is C18H13BrFN5O. The van der Waals surface area contributed by atoms with Crippen molar-refractivity contribution in [1.82, 2.24) is 9.97 Å². The van der Waals surface area contributed by atoms with E-state index in [0.717, 1.165) is 4.47 Å². The zero-order valence-corrected chi connectivity index (χ0v) is 15.0. The molecule has 3 rings (SSSR count). The van der Waals surface area contributed by atoms with Crippen LogP contribution in [0, 0.1) is 17.1 Å². The van der Waals surface area contributed by atoms with Gasteiger partial charge in [0.15, 0.2) is 0 Å². The molecular weight excluding hydrogens is 401 g/mol. The molecule has 3 aromatic rings. The van der Waals surface area contributed by atoms with E-state index >= 15 is 0 Å². The maximum absolute atomic E-state index is 13.8. The molecule has 0 aliphatic carbocycles. The van der Waals surface area contributed by atoms with Gasteiger partial charge >= 0.3 is 0 Å². The van der Waals surface area contributed by atoms with Gasteiger partial charge in [0, 0.05) is 15.6 Å². The predicted molar refractivity (Wildman–Crippen MR) is 99.4 cm³/mol. The molecule has 0 aliphatic rings. The molecule has 0 saturated heterocycles. The quantitative estimate of drug-likeness (QED) is 0.674. The van der Waals surface area contributed by atoms with Crippen molar-refractivity contribution in [2.45, 2.75) is 6.61 Å². The molecule has 0 fully saturated rings. The molecule has 4 N–H and O–H groups in total. The zero-order valence-electron chi connectivity index (χ0n) is 13.4. The van der Waals surface area contributed by atoms with E-state index in [9.17, 15) is 9.65 Å². The Morgan fingerprint density at radius 3 is 2.65 bits per heavy atom. The number of nitrogens with zero attached hydrogens (tertiary/aromatic N) is 3. The van der Waals surface area contributed by atoms with Crippen LogP contribution in [0.25, 0.3) is 11.3 Å². The van der Waals surface area contributed by atoms with E-state index in [-0.39, 0.29) is 35.4 Å². The maximum atomic E-state index is 13.8. The summed E-state index contributed by atoms with van der Waals surface area (Å²) in [4.78, 5) is 7.95. The van der Waals surface area contributed by atoms with Crippen molar-refractivity contribution >= 4 is 27.7 Å². The summed E-state index contributed by atoms with van der Waals surface area (Å²) in [7, 11) is 0. The molecule has 0 radical (unpaired) electrons. The molecule has 0 amide bonds. The number of nitrogen functional groups attached to an aromatic ring is 2. The Kier molecular flexibility index (Phi) is 5.00. The topological polar surface area (TPSA) is 111 Å². The van der Waals surface area contributed by atoms with Crippen LogP contribution in [0.2, 0.25) is 0 Å². The van der Waals surface area contributed by atoms with Crippen molar-refractivity contribution in [3.05, 3.63) is 63.9 Å². The number of rotatable bonds is 4. The summed E-state index contributed by atoms with van der Waals surface area (Å²) in [6, 6.07) is 13.5. The predicted octanol–water partition coefficient (Wildman–Crippen LogP) is 3.66. The first-order valence-electron chi connectivity index (χ1n) is 7.49. The van der Waals surface area contributed by atoms with Crippen LogP contribution in [-0.2, 0) is 6.61 Å². The molecule has 0 bridgehead atoms. The van der Waals surface area contributed by atoms with Crippen molar-refractivity contribution in [2.75, 3.05) is 11.5 Å². The van der Waals surface area contributed by atoms with E-state index < -0.39 is 0 Å². The van der Waals surface area contributed by atoms with Crippen molar-refractivity contribution < 1.29 is 9.13 Å². The summed E-state index contributed by atoms with van der Waals surface area (Å²) >= 11 is 3.38. The minimum Gasteiger partial charge on any atom is -0.488 e. The maximum Gasteiger partial charge on any atom is 0.222 e. The summed E-state index contributed by atoms with van der Waals surface area (Å²) < 4.78 is 20.3. The Bertz CT molecular complexity index is 1020. The van der Waals surface area contributed by atoms with Crippen molar-refractivity contribution in [2.24, 2.45) is 0 Å².